The second-order valence-corrected chi connectivity index (χ2v) is 6.27. The minimum absolute atomic E-state index is 0.109. The van der Waals surface area contributed by atoms with Gasteiger partial charge in [0.2, 0.25) is 0 Å². The summed E-state index contributed by atoms with van der Waals surface area (Å²) < 4.78 is 6.87. The number of halogens is 2. The Morgan fingerprint density at radius 2 is 2.05 bits per heavy atom. The first-order chi connectivity index (χ1) is 9.97. The highest BCUT2D eigenvalue weighted by Gasteiger charge is 2.26. The molecule has 2 N–H and O–H groups in total. The van der Waals surface area contributed by atoms with Crippen LogP contribution in [-0.2, 0) is 9.53 Å². The fraction of sp³-hybridized carbons (Fsp3) is 0.385. The van der Waals surface area contributed by atoms with Crippen LogP contribution < -0.4 is 5.32 Å². The predicted molar refractivity (Wildman–Crippen MR) is 84.4 cm³/mol. The Kier molecular flexibility index (Phi) is 5.60. The van der Waals surface area contributed by atoms with Crippen molar-refractivity contribution in [3.8, 4) is 0 Å². The molecule has 1 aliphatic rings. The molecule has 1 unspecified atom stereocenters. The number of nitrogens with zero attached hydrogens (tertiary/aromatic N) is 1. The third kappa shape index (κ3) is 4.42. The van der Waals surface area contributed by atoms with Crippen molar-refractivity contribution in [2.45, 2.75) is 12.5 Å². The van der Waals surface area contributed by atoms with E-state index in [-0.39, 0.29) is 19.0 Å². The summed E-state index contributed by atoms with van der Waals surface area (Å²) in [6.07, 6.45) is -0.577. The molecule has 0 radical (unpaired) electrons. The van der Waals surface area contributed by atoms with Gasteiger partial charge < -0.3 is 20.1 Å². The first kappa shape index (κ1) is 16.3. The van der Waals surface area contributed by atoms with Crippen LogP contribution in [0, 0.1) is 0 Å². The Morgan fingerprint density at radius 3 is 2.67 bits per heavy atom. The minimum Gasteiger partial charge on any atom is -0.481 e. The molecular weight excluding hydrogens is 408 g/mol. The van der Waals surface area contributed by atoms with Crippen molar-refractivity contribution in [2.24, 2.45) is 0 Å². The molecule has 0 saturated carbocycles. The average Bonchev–Trinajstić information content (AvgIpc) is 2.42. The van der Waals surface area contributed by atoms with Crippen LogP contribution in [0.25, 0.3) is 0 Å². The van der Waals surface area contributed by atoms with Gasteiger partial charge in [-0.25, -0.2) is 4.79 Å². The topological polar surface area (TPSA) is 78.9 Å². The van der Waals surface area contributed by atoms with Gasteiger partial charge in [0.05, 0.1) is 24.8 Å². The molecule has 0 aromatic heterocycles. The summed E-state index contributed by atoms with van der Waals surface area (Å²) in [4.78, 5) is 24.5. The van der Waals surface area contributed by atoms with Crippen LogP contribution in [-0.4, -0.2) is 47.8 Å². The van der Waals surface area contributed by atoms with E-state index >= 15 is 0 Å². The van der Waals surface area contributed by atoms with E-state index in [0.29, 0.717) is 18.8 Å². The van der Waals surface area contributed by atoms with Crippen molar-refractivity contribution in [3.05, 3.63) is 27.1 Å². The molecule has 6 nitrogen and oxygen atoms in total. The maximum atomic E-state index is 12.3. The molecule has 0 aliphatic carbocycles. The summed E-state index contributed by atoms with van der Waals surface area (Å²) in [5.74, 6) is -0.934. The van der Waals surface area contributed by atoms with E-state index in [0.717, 1.165) is 8.95 Å². The number of carboxylic acids is 1. The highest BCUT2D eigenvalue weighted by Crippen LogP contribution is 2.30. The van der Waals surface area contributed by atoms with Crippen LogP contribution in [0.2, 0.25) is 0 Å². The Hall–Kier alpha value is -1.12. The number of morpholine rings is 1. The van der Waals surface area contributed by atoms with Gasteiger partial charge in [0.1, 0.15) is 0 Å². The smallest absolute Gasteiger partial charge is 0.322 e. The number of para-hydroxylation sites is 1. The summed E-state index contributed by atoms with van der Waals surface area (Å²) in [6.45, 7) is 1.03. The maximum Gasteiger partial charge on any atom is 0.322 e. The van der Waals surface area contributed by atoms with E-state index < -0.39 is 12.1 Å². The lowest BCUT2D eigenvalue weighted by atomic mass is 10.2. The van der Waals surface area contributed by atoms with Gasteiger partial charge in [-0.05, 0) is 44.0 Å². The third-order valence-electron chi connectivity index (χ3n) is 3.02. The second kappa shape index (κ2) is 7.24. The van der Waals surface area contributed by atoms with E-state index in [2.05, 4.69) is 37.2 Å². The molecular formula is C13H14Br2N2O4. The van der Waals surface area contributed by atoms with E-state index in [1.54, 1.807) is 4.90 Å². The fourth-order valence-electron chi connectivity index (χ4n) is 2.03. The van der Waals surface area contributed by atoms with Gasteiger partial charge >= 0.3 is 12.0 Å². The standard InChI is InChI=1S/C13H14Br2N2O4/c14-9-2-1-3-10(15)12(9)16-13(20)17-4-5-21-8(7-17)6-11(18)19/h1-3,8H,4-7H2,(H,16,20)(H,18,19). The minimum atomic E-state index is -0.934. The highest BCUT2D eigenvalue weighted by atomic mass is 79.9. The van der Waals surface area contributed by atoms with Gasteiger partial charge in [-0.2, -0.15) is 0 Å². The number of carbonyl (C=O) groups is 2. The van der Waals surface area contributed by atoms with Crippen LogP contribution >= 0.6 is 31.9 Å². The number of hydrogen-bond acceptors (Lipinski definition) is 3. The number of urea groups is 1. The highest BCUT2D eigenvalue weighted by molar-refractivity contribution is 9.11. The van der Waals surface area contributed by atoms with Crippen molar-refractivity contribution in [1.82, 2.24) is 4.90 Å². The normalized spacial score (nSPS) is 18.4. The van der Waals surface area contributed by atoms with Gasteiger partial charge in [0, 0.05) is 22.0 Å². The molecule has 1 fully saturated rings. The molecule has 0 spiro atoms. The maximum absolute atomic E-state index is 12.3. The number of benzene rings is 1. The fourth-order valence-corrected chi connectivity index (χ4v) is 3.22. The van der Waals surface area contributed by atoms with Gasteiger partial charge in [-0.15, -0.1) is 0 Å². The number of carboxylic acid groups (broad SMARTS) is 1. The zero-order valence-electron chi connectivity index (χ0n) is 11.0. The van der Waals surface area contributed by atoms with E-state index in [1.165, 1.54) is 0 Å². The molecule has 2 rings (SSSR count). The second-order valence-electron chi connectivity index (χ2n) is 4.56. The summed E-state index contributed by atoms with van der Waals surface area (Å²) in [7, 11) is 0. The van der Waals surface area contributed by atoms with Crippen molar-refractivity contribution >= 4 is 49.5 Å². The quantitative estimate of drug-likeness (QED) is 0.786. The van der Waals surface area contributed by atoms with E-state index in [9.17, 15) is 9.59 Å². The number of hydrogen-bond donors (Lipinski definition) is 2. The van der Waals surface area contributed by atoms with Crippen LogP contribution in [0.15, 0.2) is 27.1 Å². The van der Waals surface area contributed by atoms with Crippen molar-refractivity contribution in [3.63, 3.8) is 0 Å². The number of ether oxygens (including phenoxy) is 1. The van der Waals surface area contributed by atoms with E-state index in [1.807, 2.05) is 18.2 Å². The van der Waals surface area contributed by atoms with Crippen LogP contribution in [0.5, 0.6) is 0 Å². The molecule has 21 heavy (non-hydrogen) atoms. The van der Waals surface area contributed by atoms with Gasteiger partial charge in [0.25, 0.3) is 0 Å². The molecule has 1 heterocycles. The van der Waals surface area contributed by atoms with Crippen molar-refractivity contribution in [1.29, 1.82) is 0 Å². The molecule has 2 amide bonds. The number of anilines is 1. The Bertz CT molecular complexity index is 533. The molecule has 1 atom stereocenters. The number of carbonyl (C=O) groups excluding carboxylic acids is 1. The zero-order chi connectivity index (χ0) is 15.4. The van der Waals surface area contributed by atoms with Crippen LogP contribution in [0.3, 0.4) is 0 Å². The first-order valence-corrected chi connectivity index (χ1v) is 7.89. The van der Waals surface area contributed by atoms with Gasteiger partial charge in [-0.3, -0.25) is 4.79 Å². The predicted octanol–water partition coefficient (Wildman–Crippen LogP) is 2.92. The Balaban J connectivity index is 2.01. The van der Waals surface area contributed by atoms with Gasteiger partial charge in [-0.1, -0.05) is 6.07 Å². The molecule has 1 saturated heterocycles. The van der Waals surface area contributed by atoms with Crippen LogP contribution in [0.1, 0.15) is 6.42 Å². The monoisotopic (exact) mass is 420 g/mol. The summed E-state index contributed by atoms with van der Waals surface area (Å²) in [5.41, 5.74) is 0.642. The van der Waals surface area contributed by atoms with Crippen LogP contribution in [0.4, 0.5) is 10.5 Å². The lowest BCUT2D eigenvalue weighted by molar-refractivity contribution is -0.141. The molecule has 1 aliphatic heterocycles. The zero-order valence-corrected chi connectivity index (χ0v) is 14.2. The molecule has 1 aromatic rings. The Morgan fingerprint density at radius 1 is 1.38 bits per heavy atom. The average molecular weight is 422 g/mol. The summed E-state index contributed by atoms with van der Waals surface area (Å²) in [6, 6.07) is 5.22. The largest absolute Gasteiger partial charge is 0.481 e. The number of rotatable bonds is 3. The van der Waals surface area contributed by atoms with E-state index in [4.69, 9.17) is 9.84 Å². The lowest BCUT2D eigenvalue weighted by Gasteiger charge is -2.32. The van der Waals surface area contributed by atoms with Gasteiger partial charge in [0.15, 0.2) is 0 Å². The number of amides is 2. The van der Waals surface area contributed by atoms with Crippen molar-refractivity contribution in [2.75, 3.05) is 25.0 Å². The van der Waals surface area contributed by atoms with Crippen molar-refractivity contribution < 1.29 is 19.4 Å². The molecule has 0 bridgehead atoms. The SMILES string of the molecule is O=C(O)CC1CN(C(=O)Nc2c(Br)cccc2Br)CCO1. The lowest BCUT2D eigenvalue weighted by Crippen LogP contribution is -2.48. The Labute approximate surface area is 138 Å². The first-order valence-electron chi connectivity index (χ1n) is 6.30. The molecule has 8 heteroatoms. The molecule has 1 aromatic carbocycles. The third-order valence-corrected chi connectivity index (χ3v) is 4.34. The summed E-state index contributed by atoms with van der Waals surface area (Å²) in [5, 5.41) is 11.6. The summed E-state index contributed by atoms with van der Waals surface area (Å²) >= 11 is 6.76. The number of nitrogens with one attached hydrogen (secondary N) is 1. The molecule has 114 valence electrons. The number of aliphatic carboxylic acids is 1.